The third-order valence-corrected chi connectivity index (χ3v) is 5.45. The molecule has 2 aromatic carbocycles. The topological polar surface area (TPSA) is 64.6 Å². The fourth-order valence-corrected chi connectivity index (χ4v) is 3.94. The normalized spacial score (nSPS) is 18.8. The Kier molecular flexibility index (Phi) is 5.39. The summed E-state index contributed by atoms with van der Waals surface area (Å²) in [5.41, 5.74) is 3.79. The Balaban J connectivity index is 1.62. The van der Waals surface area contributed by atoms with Gasteiger partial charge >= 0.3 is 5.97 Å². The Morgan fingerprint density at radius 1 is 1.16 bits per heavy atom. The maximum Gasteiger partial charge on any atom is 0.306 e. The van der Waals surface area contributed by atoms with E-state index >= 15 is 0 Å². The third-order valence-electron chi connectivity index (χ3n) is 5.45. The summed E-state index contributed by atoms with van der Waals surface area (Å²) < 4.78 is 24.7. The van der Waals surface area contributed by atoms with Crippen LogP contribution in [-0.4, -0.2) is 24.1 Å². The van der Waals surface area contributed by atoms with Gasteiger partial charge in [-0.15, -0.1) is 0 Å². The lowest BCUT2D eigenvalue weighted by Crippen LogP contribution is -2.21. The number of hydrogen-bond donors (Lipinski definition) is 1. The van der Waals surface area contributed by atoms with Crippen molar-refractivity contribution in [1.82, 2.24) is 0 Å². The molecule has 0 radical (unpaired) electrons. The lowest BCUT2D eigenvalue weighted by Gasteiger charge is -2.23. The molecule has 2 heterocycles. The van der Waals surface area contributed by atoms with Gasteiger partial charge in [0.2, 0.25) is 0 Å². The second-order valence-corrected chi connectivity index (χ2v) is 8.06. The molecule has 1 amide bonds. The van der Waals surface area contributed by atoms with Gasteiger partial charge in [-0.05, 0) is 62.6 Å². The summed E-state index contributed by atoms with van der Waals surface area (Å²) >= 11 is 0. The Bertz CT molecular complexity index is 1110. The van der Waals surface area contributed by atoms with Crippen molar-refractivity contribution in [3.05, 3.63) is 76.8 Å². The number of carbonyl (C=O) groups excluding carboxylic acids is 2. The SMILES string of the molecule is CCOC(=O)CCc1ccc(C2=CC(=C3C(=O)Nc4cc(F)ccc43)OC2(C)C)cc1. The van der Waals surface area contributed by atoms with E-state index < -0.39 is 11.4 Å². The highest BCUT2D eigenvalue weighted by Crippen LogP contribution is 2.44. The summed E-state index contributed by atoms with van der Waals surface area (Å²) in [6.07, 6.45) is 2.83. The highest BCUT2D eigenvalue weighted by Gasteiger charge is 2.38. The highest BCUT2D eigenvalue weighted by atomic mass is 19.1. The zero-order valence-corrected chi connectivity index (χ0v) is 17.8. The maximum absolute atomic E-state index is 13.5. The first-order valence-corrected chi connectivity index (χ1v) is 10.3. The number of halogens is 1. The van der Waals surface area contributed by atoms with Crippen LogP contribution in [0.2, 0.25) is 0 Å². The molecule has 0 saturated heterocycles. The third kappa shape index (κ3) is 4.10. The van der Waals surface area contributed by atoms with Gasteiger partial charge in [-0.1, -0.05) is 24.3 Å². The minimum absolute atomic E-state index is 0.203. The van der Waals surface area contributed by atoms with Gasteiger partial charge in [0.25, 0.3) is 5.91 Å². The molecule has 2 aliphatic rings. The van der Waals surface area contributed by atoms with Gasteiger partial charge in [0, 0.05) is 17.6 Å². The van der Waals surface area contributed by atoms with Gasteiger partial charge in [-0.3, -0.25) is 9.59 Å². The van der Waals surface area contributed by atoms with E-state index in [9.17, 15) is 14.0 Å². The summed E-state index contributed by atoms with van der Waals surface area (Å²) in [4.78, 5) is 24.1. The van der Waals surface area contributed by atoms with Crippen molar-refractivity contribution in [1.29, 1.82) is 0 Å². The number of esters is 1. The number of amides is 1. The molecule has 1 N–H and O–H groups in total. The van der Waals surface area contributed by atoms with Crippen LogP contribution in [0.5, 0.6) is 0 Å². The molecule has 5 nitrogen and oxygen atoms in total. The fraction of sp³-hybridized carbons (Fsp3) is 0.280. The van der Waals surface area contributed by atoms with Crippen LogP contribution in [0.3, 0.4) is 0 Å². The summed E-state index contributed by atoms with van der Waals surface area (Å²) in [5.74, 6) is -0.449. The lowest BCUT2D eigenvalue weighted by molar-refractivity contribution is -0.143. The Labute approximate surface area is 180 Å². The van der Waals surface area contributed by atoms with Gasteiger partial charge in [-0.2, -0.15) is 0 Å². The number of ether oxygens (including phenoxy) is 2. The van der Waals surface area contributed by atoms with Gasteiger partial charge in [-0.25, -0.2) is 4.39 Å². The molecule has 0 atom stereocenters. The quantitative estimate of drug-likeness (QED) is 0.552. The van der Waals surface area contributed by atoms with Crippen molar-refractivity contribution in [2.75, 3.05) is 11.9 Å². The molecule has 0 fully saturated rings. The standard InChI is InChI=1S/C25H24FNO4/c1-4-30-22(28)12-7-15-5-8-16(9-6-15)19-14-21(31-25(19,2)3)23-18-11-10-17(26)13-20(18)27-24(23)29/h5-6,8-11,13-14H,4,7,12H2,1-3H3,(H,27,29). The lowest BCUT2D eigenvalue weighted by atomic mass is 9.91. The first kappa shape index (κ1) is 20.8. The van der Waals surface area contributed by atoms with E-state index in [4.69, 9.17) is 9.47 Å². The Morgan fingerprint density at radius 2 is 1.90 bits per heavy atom. The molecule has 2 aliphatic heterocycles. The van der Waals surface area contributed by atoms with Crippen LogP contribution in [0.25, 0.3) is 11.1 Å². The minimum atomic E-state index is -0.641. The molecular formula is C25H24FNO4. The van der Waals surface area contributed by atoms with Crippen molar-refractivity contribution in [2.45, 2.75) is 39.2 Å². The largest absolute Gasteiger partial charge is 0.482 e. The van der Waals surface area contributed by atoms with Crippen molar-refractivity contribution in [3.8, 4) is 0 Å². The molecule has 0 aromatic heterocycles. The number of anilines is 1. The van der Waals surface area contributed by atoms with Crippen LogP contribution in [0.1, 0.15) is 43.9 Å². The zero-order valence-electron chi connectivity index (χ0n) is 17.8. The van der Waals surface area contributed by atoms with Crippen molar-refractivity contribution >= 4 is 28.7 Å². The predicted octanol–water partition coefficient (Wildman–Crippen LogP) is 4.88. The number of nitrogens with one attached hydrogen (secondary N) is 1. The molecule has 4 rings (SSSR count). The Morgan fingerprint density at radius 3 is 2.61 bits per heavy atom. The molecule has 6 heteroatoms. The van der Waals surface area contributed by atoms with Gasteiger partial charge in [0.15, 0.2) is 0 Å². The molecule has 2 aromatic rings. The van der Waals surface area contributed by atoms with E-state index in [1.807, 2.05) is 44.2 Å². The molecule has 0 aliphatic carbocycles. The van der Waals surface area contributed by atoms with Crippen LogP contribution in [0, 0.1) is 5.82 Å². The molecule has 31 heavy (non-hydrogen) atoms. The zero-order chi connectivity index (χ0) is 22.2. The summed E-state index contributed by atoms with van der Waals surface area (Å²) in [6, 6.07) is 12.2. The minimum Gasteiger partial charge on any atom is -0.482 e. The van der Waals surface area contributed by atoms with Crippen molar-refractivity contribution in [3.63, 3.8) is 0 Å². The number of aryl methyl sites for hydroxylation is 1. The summed E-state index contributed by atoms with van der Waals surface area (Å²) in [5, 5.41) is 2.70. The average molecular weight is 421 g/mol. The average Bonchev–Trinajstić information content (AvgIpc) is 3.21. The first-order valence-electron chi connectivity index (χ1n) is 10.3. The molecular weight excluding hydrogens is 397 g/mol. The van der Waals surface area contributed by atoms with Gasteiger partial charge in [0.05, 0.1) is 17.9 Å². The number of allylic oxidation sites excluding steroid dienone is 1. The first-order chi connectivity index (χ1) is 14.8. The highest BCUT2D eigenvalue weighted by molar-refractivity contribution is 6.32. The monoisotopic (exact) mass is 421 g/mol. The molecule has 0 unspecified atom stereocenters. The fourth-order valence-electron chi connectivity index (χ4n) is 3.94. The van der Waals surface area contributed by atoms with Gasteiger partial charge in [0.1, 0.15) is 17.2 Å². The van der Waals surface area contributed by atoms with Crippen LogP contribution >= 0.6 is 0 Å². The second kappa shape index (κ2) is 8.02. The van der Waals surface area contributed by atoms with Crippen LogP contribution in [0.15, 0.2) is 54.3 Å². The van der Waals surface area contributed by atoms with Crippen LogP contribution < -0.4 is 5.32 Å². The summed E-state index contributed by atoms with van der Waals surface area (Å²) in [6.45, 7) is 6.07. The van der Waals surface area contributed by atoms with E-state index in [0.717, 1.165) is 16.7 Å². The van der Waals surface area contributed by atoms with Crippen molar-refractivity contribution < 1.29 is 23.5 Å². The van der Waals surface area contributed by atoms with E-state index in [1.165, 1.54) is 12.1 Å². The maximum atomic E-state index is 13.5. The second-order valence-electron chi connectivity index (χ2n) is 8.06. The Hall–Kier alpha value is -3.41. The summed E-state index contributed by atoms with van der Waals surface area (Å²) in [7, 11) is 0. The smallest absolute Gasteiger partial charge is 0.306 e. The molecule has 0 spiro atoms. The number of benzene rings is 2. The number of rotatable bonds is 5. The number of hydrogen-bond acceptors (Lipinski definition) is 4. The number of carbonyl (C=O) groups is 2. The van der Waals surface area contributed by atoms with Crippen LogP contribution in [0.4, 0.5) is 10.1 Å². The van der Waals surface area contributed by atoms with E-state index in [-0.39, 0.29) is 11.9 Å². The molecule has 0 saturated carbocycles. The molecule has 160 valence electrons. The predicted molar refractivity (Wildman–Crippen MR) is 116 cm³/mol. The van der Waals surface area contributed by atoms with Gasteiger partial charge < -0.3 is 14.8 Å². The molecule has 0 bridgehead atoms. The van der Waals surface area contributed by atoms with Crippen molar-refractivity contribution in [2.24, 2.45) is 0 Å². The van der Waals surface area contributed by atoms with Crippen LogP contribution in [-0.2, 0) is 25.5 Å². The van der Waals surface area contributed by atoms with E-state index in [0.29, 0.717) is 42.0 Å². The number of fused-ring (bicyclic) bond motifs is 1. The van der Waals surface area contributed by atoms with E-state index in [2.05, 4.69) is 5.32 Å². The van der Waals surface area contributed by atoms with E-state index in [1.54, 1.807) is 13.0 Å².